The Labute approximate surface area is 115 Å². The van der Waals surface area contributed by atoms with Gasteiger partial charge in [0.15, 0.2) is 0 Å². The van der Waals surface area contributed by atoms with Gasteiger partial charge in [-0.2, -0.15) is 0 Å². The van der Waals surface area contributed by atoms with Crippen molar-refractivity contribution in [3.63, 3.8) is 0 Å². The number of carboxylic acids is 2. The molecule has 1 rings (SSSR count). The maximum absolute atomic E-state index is 11.6. The van der Waals surface area contributed by atoms with Crippen LogP contribution in [0.3, 0.4) is 0 Å². The molecule has 1 aromatic rings. The Hall–Kier alpha value is -2.63. The van der Waals surface area contributed by atoms with E-state index in [2.05, 4.69) is 0 Å². The second-order valence-corrected chi connectivity index (χ2v) is 3.92. The Balaban J connectivity index is 2.40. The summed E-state index contributed by atoms with van der Waals surface area (Å²) in [5, 5.41) is 17.3. The monoisotopic (exact) mass is 278 g/mol. The van der Waals surface area contributed by atoms with Crippen LogP contribution in [0.15, 0.2) is 42.0 Å². The summed E-state index contributed by atoms with van der Waals surface area (Å²) in [6.45, 7) is 0.0258. The molecule has 0 unspecified atom stereocenters. The first-order chi connectivity index (χ1) is 9.50. The quantitative estimate of drug-likeness (QED) is 0.447. The summed E-state index contributed by atoms with van der Waals surface area (Å²) >= 11 is 0. The fraction of sp³-hybridized carbons (Fsp3) is 0.214. The molecule has 0 fully saturated rings. The number of aliphatic carboxylic acids is 2. The van der Waals surface area contributed by atoms with Gasteiger partial charge < -0.3 is 14.9 Å². The number of hydrogen-bond donors (Lipinski definition) is 2. The van der Waals surface area contributed by atoms with Gasteiger partial charge in [0, 0.05) is 11.6 Å². The molecule has 0 aromatic heterocycles. The minimum Gasteiger partial charge on any atom is -0.478 e. The van der Waals surface area contributed by atoms with E-state index in [1.165, 1.54) is 0 Å². The lowest BCUT2D eigenvalue weighted by Gasteiger charge is -2.05. The van der Waals surface area contributed by atoms with Gasteiger partial charge in [0.2, 0.25) is 0 Å². The van der Waals surface area contributed by atoms with Crippen LogP contribution in [0.4, 0.5) is 0 Å². The van der Waals surface area contributed by atoms with Gasteiger partial charge in [-0.15, -0.1) is 0 Å². The van der Waals surface area contributed by atoms with Crippen LogP contribution in [-0.4, -0.2) is 34.7 Å². The van der Waals surface area contributed by atoms with Gasteiger partial charge >= 0.3 is 17.9 Å². The predicted octanol–water partition coefficient (Wildman–Crippen LogP) is 1.72. The average Bonchev–Trinajstić information content (AvgIpc) is 2.42. The zero-order chi connectivity index (χ0) is 15.0. The summed E-state index contributed by atoms with van der Waals surface area (Å²) < 4.78 is 4.96. The Morgan fingerprint density at radius 1 is 1.10 bits per heavy atom. The highest BCUT2D eigenvalue weighted by Crippen LogP contribution is 2.07. The molecular formula is C14H14O6. The number of carbonyl (C=O) groups is 3. The van der Waals surface area contributed by atoms with Gasteiger partial charge in [0.1, 0.15) is 0 Å². The van der Waals surface area contributed by atoms with Crippen molar-refractivity contribution < 1.29 is 29.3 Å². The summed E-state index contributed by atoms with van der Waals surface area (Å²) in [6, 6.07) is 8.39. The predicted molar refractivity (Wildman–Crippen MR) is 69.3 cm³/mol. The SMILES string of the molecule is O=C(O)/C=C(\CCCOC(=O)c1ccccc1)C(=O)O. The van der Waals surface area contributed by atoms with Crippen LogP contribution in [0.2, 0.25) is 0 Å². The molecule has 0 heterocycles. The molecule has 0 aliphatic carbocycles. The largest absolute Gasteiger partial charge is 0.478 e. The Bertz CT molecular complexity index is 518. The molecule has 6 heteroatoms. The molecule has 20 heavy (non-hydrogen) atoms. The van der Waals surface area contributed by atoms with Gasteiger partial charge in [-0.3, -0.25) is 0 Å². The normalized spacial score (nSPS) is 10.9. The van der Waals surface area contributed by atoms with E-state index in [9.17, 15) is 14.4 Å². The molecule has 106 valence electrons. The van der Waals surface area contributed by atoms with Crippen LogP contribution in [0.5, 0.6) is 0 Å². The molecule has 2 N–H and O–H groups in total. The zero-order valence-electron chi connectivity index (χ0n) is 10.6. The number of rotatable bonds is 7. The van der Waals surface area contributed by atoms with Crippen molar-refractivity contribution >= 4 is 17.9 Å². The fourth-order valence-corrected chi connectivity index (χ4v) is 1.47. The highest BCUT2D eigenvalue weighted by atomic mass is 16.5. The number of carbonyl (C=O) groups excluding carboxylic acids is 1. The first-order valence-corrected chi connectivity index (χ1v) is 5.89. The molecule has 0 saturated carbocycles. The van der Waals surface area contributed by atoms with Gasteiger partial charge in [-0.25, -0.2) is 14.4 Å². The van der Waals surface area contributed by atoms with E-state index in [0.29, 0.717) is 11.6 Å². The van der Waals surface area contributed by atoms with Gasteiger partial charge in [-0.1, -0.05) is 18.2 Å². The van der Waals surface area contributed by atoms with Crippen molar-refractivity contribution in [3.8, 4) is 0 Å². The van der Waals surface area contributed by atoms with E-state index in [-0.39, 0.29) is 25.0 Å². The van der Waals surface area contributed by atoms with Gasteiger partial charge in [0.05, 0.1) is 12.2 Å². The summed E-state index contributed by atoms with van der Waals surface area (Å²) in [5.41, 5.74) is 0.181. The maximum Gasteiger partial charge on any atom is 0.338 e. The molecule has 0 radical (unpaired) electrons. The molecule has 0 saturated heterocycles. The van der Waals surface area contributed by atoms with Crippen molar-refractivity contribution in [1.29, 1.82) is 0 Å². The number of carboxylic acid groups (broad SMARTS) is 2. The van der Waals surface area contributed by atoms with Gasteiger partial charge in [0.25, 0.3) is 0 Å². The number of hydrogen-bond acceptors (Lipinski definition) is 4. The van der Waals surface area contributed by atoms with E-state index in [0.717, 1.165) is 0 Å². The minimum atomic E-state index is -1.32. The highest BCUT2D eigenvalue weighted by Gasteiger charge is 2.10. The van der Waals surface area contributed by atoms with Crippen molar-refractivity contribution in [2.75, 3.05) is 6.61 Å². The van der Waals surface area contributed by atoms with E-state index in [4.69, 9.17) is 14.9 Å². The Morgan fingerprint density at radius 3 is 2.30 bits per heavy atom. The Morgan fingerprint density at radius 2 is 1.75 bits per heavy atom. The first kappa shape index (κ1) is 15.4. The zero-order valence-corrected chi connectivity index (χ0v) is 10.6. The van der Waals surface area contributed by atoms with Gasteiger partial charge in [-0.05, 0) is 25.0 Å². The number of esters is 1. The summed E-state index contributed by atoms with van der Waals surface area (Å²) in [7, 11) is 0. The van der Waals surface area contributed by atoms with E-state index >= 15 is 0 Å². The lowest BCUT2D eigenvalue weighted by molar-refractivity contribution is -0.135. The number of ether oxygens (including phenoxy) is 1. The van der Waals surface area contributed by atoms with Crippen LogP contribution < -0.4 is 0 Å². The van der Waals surface area contributed by atoms with E-state index in [1.807, 2.05) is 0 Å². The molecule has 0 spiro atoms. The lowest BCUT2D eigenvalue weighted by Crippen LogP contribution is -2.08. The van der Waals surface area contributed by atoms with E-state index < -0.39 is 17.9 Å². The third-order valence-electron chi connectivity index (χ3n) is 2.41. The van der Waals surface area contributed by atoms with Crippen LogP contribution >= 0.6 is 0 Å². The van der Waals surface area contributed by atoms with Crippen LogP contribution in [0, 0.1) is 0 Å². The molecule has 0 bridgehead atoms. The van der Waals surface area contributed by atoms with Crippen LogP contribution in [-0.2, 0) is 14.3 Å². The molecule has 0 atom stereocenters. The van der Waals surface area contributed by atoms with Crippen LogP contribution in [0.1, 0.15) is 23.2 Å². The maximum atomic E-state index is 11.6. The first-order valence-electron chi connectivity index (χ1n) is 5.89. The Kier molecular flexibility index (Phi) is 5.96. The molecule has 1 aromatic carbocycles. The molecule has 6 nitrogen and oxygen atoms in total. The summed E-state index contributed by atoms with van der Waals surface area (Å²) in [4.78, 5) is 32.7. The molecule has 0 aliphatic rings. The second kappa shape index (κ2) is 7.73. The molecular weight excluding hydrogens is 264 g/mol. The second-order valence-electron chi connectivity index (χ2n) is 3.92. The van der Waals surface area contributed by atoms with Crippen molar-refractivity contribution in [1.82, 2.24) is 0 Å². The topological polar surface area (TPSA) is 101 Å². The third kappa shape index (κ3) is 5.34. The molecule has 0 amide bonds. The average molecular weight is 278 g/mol. The molecule has 0 aliphatic heterocycles. The standard InChI is InChI=1S/C14H14O6/c15-12(16)9-11(13(17)18)7-4-8-20-14(19)10-5-2-1-3-6-10/h1-3,5-6,9H,4,7-8H2,(H,15,16)(H,17,18)/b11-9+. The lowest BCUT2D eigenvalue weighted by atomic mass is 10.1. The third-order valence-corrected chi connectivity index (χ3v) is 2.41. The fourth-order valence-electron chi connectivity index (χ4n) is 1.47. The van der Waals surface area contributed by atoms with Crippen LogP contribution in [0.25, 0.3) is 0 Å². The highest BCUT2D eigenvalue weighted by molar-refractivity contribution is 5.94. The summed E-state index contributed by atoms with van der Waals surface area (Å²) in [5.74, 6) is -3.10. The van der Waals surface area contributed by atoms with Crippen molar-refractivity contribution in [2.45, 2.75) is 12.8 Å². The summed E-state index contributed by atoms with van der Waals surface area (Å²) in [6.07, 6.45) is 0.898. The van der Waals surface area contributed by atoms with E-state index in [1.54, 1.807) is 30.3 Å². The minimum absolute atomic E-state index is 0.0176. The smallest absolute Gasteiger partial charge is 0.338 e. The van der Waals surface area contributed by atoms with Crippen molar-refractivity contribution in [3.05, 3.63) is 47.5 Å². The van der Waals surface area contributed by atoms with Crippen molar-refractivity contribution in [2.24, 2.45) is 0 Å². The number of benzene rings is 1.